The SMILES string of the molecule is COCCCC(=N)c1ccccc1. The second-order valence-electron chi connectivity index (χ2n) is 2.94. The lowest BCUT2D eigenvalue weighted by atomic mass is 10.1. The summed E-state index contributed by atoms with van der Waals surface area (Å²) in [6, 6.07) is 9.82. The number of ether oxygens (including phenoxy) is 1. The summed E-state index contributed by atoms with van der Waals surface area (Å²) in [6.07, 6.45) is 1.71. The third-order valence-electron chi connectivity index (χ3n) is 1.90. The molecule has 1 aromatic carbocycles. The monoisotopic (exact) mass is 177 g/mol. The minimum atomic E-state index is 0.692. The van der Waals surface area contributed by atoms with Crippen LogP contribution < -0.4 is 0 Å². The van der Waals surface area contributed by atoms with Crippen molar-refractivity contribution in [1.29, 1.82) is 5.41 Å². The highest BCUT2D eigenvalue weighted by Crippen LogP contribution is 2.04. The van der Waals surface area contributed by atoms with Crippen molar-refractivity contribution < 1.29 is 4.74 Å². The van der Waals surface area contributed by atoms with E-state index in [0.717, 1.165) is 25.0 Å². The third kappa shape index (κ3) is 3.38. The highest BCUT2D eigenvalue weighted by atomic mass is 16.5. The second kappa shape index (κ2) is 5.49. The molecule has 0 fully saturated rings. The van der Waals surface area contributed by atoms with Gasteiger partial charge in [0.15, 0.2) is 0 Å². The van der Waals surface area contributed by atoms with Crippen LogP contribution in [0.15, 0.2) is 30.3 Å². The summed E-state index contributed by atoms with van der Waals surface area (Å²) in [7, 11) is 1.69. The van der Waals surface area contributed by atoms with Gasteiger partial charge in [0, 0.05) is 19.4 Å². The summed E-state index contributed by atoms with van der Waals surface area (Å²) in [4.78, 5) is 0. The Balaban J connectivity index is 2.40. The zero-order valence-electron chi connectivity index (χ0n) is 7.92. The molecular weight excluding hydrogens is 162 g/mol. The van der Waals surface area contributed by atoms with Crippen LogP contribution >= 0.6 is 0 Å². The van der Waals surface area contributed by atoms with E-state index in [1.807, 2.05) is 30.3 Å². The molecule has 0 aromatic heterocycles. The largest absolute Gasteiger partial charge is 0.385 e. The van der Waals surface area contributed by atoms with Crippen molar-refractivity contribution in [3.8, 4) is 0 Å². The van der Waals surface area contributed by atoms with E-state index in [2.05, 4.69) is 0 Å². The summed E-state index contributed by atoms with van der Waals surface area (Å²) in [5, 5.41) is 7.75. The fraction of sp³-hybridized carbons (Fsp3) is 0.364. The molecule has 0 radical (unpaired) electrons. The van der Waals surface area contributed by atoms with Crippen molar-refractivity contribution in [3.05, 3.63) is 35.9 Å². The van der Waals surface area contributed by atoms with E-state index in [1.54, 1.807) is 7.11 Å². The van der Waals surface area contributed by atoms with Gasteiger partial charge in [0.1, 0.15) is 0 Å². The summed E-state index contributed by atoms with van der Waals surface area (Å²) >= 11 is 0. The van der Waals surface area contributed by atoms with Gasteiger partial charge in [-0.1, -0.05) is 30.3 Å². The molecule has 0 saturated carbocycles. The Morgan fingerprint density at radius 2 is 2.00 bits per heavy atom. The Hall–Kier alpha value is -1.15. The van der Waals surface area contributed by atoms with Gasteiger partial charge in [-0.05, 0) is 18.4 Å². The molecule has 70 valence electrons. The average Bonchev–Trinajstić information content (AvgIpc) is 2.19. The minimum absolute atomic E-state index is 0.692. The van der Waals surface area contributed by atoms with Crippen molar-refractivity contribution in [2.45, 2.75) is 12.8 Å². The van der Waals surface area contributed by atoms with E-state index < -0.39 is 0 Å². The molecule has 0 saturated heterocycles. The maximum absolute atomic E-state index is 7.75. The lowest BCUT2D eigenvalue weighted by Gasteiger charge is -2.02. The van der Waals surface area contributed by atoms with Gasteiger partial charge in [0.05, 0.1) is 0 Å². The Morgan fingerprint density at radius 1 is 1.31 bits per heavy atom. The van der Waals surface area contributed by atoms with Crippen LogP contribution in [0.3, 0.4) is 0 Å². The molecule has 1 rings (SSSR count). The van der Waals surface area contributed by atoms with Crippen LogP contribution in [0.5, 0.6) is 0 Å². The molecule has 0 heterocycles. The molecule has 0 atom stereocenters. The van der Waals surface area contributed by atoms with Crippen LogP contribution in [-0.4, -0.2) is 19.4 Å². The van der Waals surface area contributed by atoms with Gasteiger partial charge < -0.3 is 10.1 Å². The molecule has 0 aliphatic heterocycles. The molecule has 13 heavy (non-hydrogen) atoms. The number of methoxy groups -OCH3 is 1. The van der Waals surface area contributed by atoms with E-state index in [4.69, 9.17) is 10.1 Å². The Morgan fingerprint density at radius 3 is 2.62 bits per heavy atom. The predicted molar refractivity (Wildman–Crippen MR) is 54.4 cm³/mol. The van der Waals surface area contributed by atoms with Crippen molar-refractivity contribution in [3.63, 3.8) is 0 Å². The number of rotatable bonds is 5. The van der Waals surface area contributed by atoms with Gasteiger partial charge in [0.25, 0.3) is 0 Å². The van der Waals surface area contributed by atoms with Crippen LogP contribution in [0.1, 0.15) is 18.4 Å². The smallest absolute Gasteiger partial charge is 0.0466 e. The molecular formula is C11H15NO. The molecule has 2 heteroatoms. The number of nitrogens with one attached hydrogen (secondary N) is 1. The first-order valence-electron chi connectivity index (χ1n) is 4.46. The van der Waals surface area contributed by atoms with Gasteiger partial charge in [-0.25, -0.2) is 0 Å². The zero-order valence-corrected chi connectivity index (χ0v) is 7.92. The first kappa shape index (κ1) is 9.93. The van der Waals surface area contributed by atoms with Crippen molar-refractivity contribution in [2.24, 2.45) is 0 Å². The Kier molecular flexibility index (Phi) is 4.19. The van der Waals surface area contributed by atoms with Crippen LogP contribution in [-0.2, 0) is 4.74 Å². The Bertz CT molecular complexity index is 256. The van der Waals surface area contributed by atoms with E-state index in [1.165, 1.54) is 0 Å². The van der Waals surface area contributed by atoms with Crippen molar-refractivity contribution in [1.82, 2.24) is 0 Å². The molecule has 1 N–H and O–H groups in total. The average molecular weight is 177 g/mol. The third-order valence-corrected chi connectivity index (χ3v) is 1.90. The molecule has 2 nitrogen and oxygen atoms in total. The van der Waals surface area contributed by atoms with Gasteiger partial charge >= 0.3 is 0 Å². The van der Waals surface area contributed by atoms with Crippen LogP contribution in [0.25, 0.3) is 0 Å². The molecule has 0 bridgehead atoms. The maximum atomic E-state index is 7.75. The van der Waals surface area contributed by atoms with Crippen molar-refractivity contribution in [2.75, 3.05) is 13.7 Å². The maximum Gasteiger partial charge on any atom is 0.0466 e. The summed E-state index contributed by atoms with van der Waals surface area (Å²) < 4.78 is 4.93. The molecule has 0 aliphatic rings. The first-order chi connectivity index (χ1) is 6.34. The molecule has 0 amide bonds. The van der Waals surface area contributed by atoms with Crippen LogP contribution in [0.4, 0.5) is 0 Å². The highest BCUT2D eigenvalue weighted by Gasteiger charge is 1.98. The highest BCUT2D eigenvalue weighted by molar-refractivity contribution is 5.98. The number of hydrogen-bond donors (Lipinski definition) is 1. The number of benzene rings is 1. The fourth-order valence-corrected chi connectivity index (χ4v) is 1.18. The van der Waals surface area contributed by atoms with Gasteiger partial charge in [-0.2, -0.15) is 0 Å². The lowest BCUT2D eigenvalue weighted by molar-refractivity contribution is 0.196. The van der Waals surface area contributed by atoms with Gasteiger partial charge in [-0.3, -0.25) is 0 Å². The van der Waals surface area contributed by atoms with Gasteiger partial charge in [-0.15, -0.1) is 0 Å². The minimum Gasteiger partial charge on any atom is -0.385 e. The van der Waals surface area contributed by atoms with Gasteiger partial charge in [0.2, 0.25) is 0 Å². The predicted octanol–water partition coefficient (Wildman–Crippen LogP) is 2.48. The van der Waals surface area contributed by atoms with Crippen LogP contribution in [0.2, 0.25) is 0 Å². The normalized spacial score (nSPS) is 9.92. The molecule has 0 spiro atoms. The first-order valence-corrected chi connectivity index (χ1v) is 4.46. The van der Waals surface area contributed by atoms with E-state index >= 15 is 0 Å². The zero-order chi connectivity index (χ0) is 9.52. The summed E-state index contributed by atoms with van der Waals surface area (Å²) in [5.41, 5.74) is 1.70. The van der Waals surface area contributed by atoms with Crippen LogP contribution in [0, 0.1) is 5.41 Å². The number of hydrogen-bond acceptors (Lipinski definition) is 2. The standard InChI is InChI=1S/C11H15NO/c1-13-9-5-8-11(12)10-6-3-2-4-7-10/h2-4,6-7,12H,5,8-9H2,1H3. The van der Waals surface area contributed by atoms with E-state index in [0.29, 0.717) is 5.71 Å². The lowest BCUT2D eigenvalue weighted by Crippen LogP contribution is -2.00. The van der Waals surface area contributed by atoms with Crippen molar-refractivity contribution >= 4 is 5.71 Å². The summed E-state index contributed by atoms with van der Waals surface area (Å²) in [5.74, 6) is 0. The fourth-order valence-electron chi connectivity index (χ4n) is 1.18. The topological polar surface area (TPSA) is 33.1 Å². The quantitative estimate of drug-likeness (QED) is 0.544. The molecule has 0 unspecified atom stereocenters. The molecule has 1 aromatic rings. The molecule has 0 aliphatic carbocycles. The Labute approximate surface area is 79.1 Å². The second-order valence-corrected chi connectivity index (χ2v) is 2.94. The van der Waals surface area contributed by atoms with E-state index in [9.17, 15) is 0 Å². The summed E-state index contributed by atoms with van der Waals surface area (Å²) in [6.45, 7) is 0.731. The van der Waals surface area contributed by atoms with E-state index in [-0.39, 0.29) is 0 Å².